The van der Waals surface area contributed by atoms with Crippen LogP contribution in [0.3, 0.4) is 0 Å². The Morgan fingerprint density at radius 3 is 2.72 bits per heavy atom. The van der Waals surface area contributed by atoms with Crippen LogP contribution in [0.1, 0.15) is 40.9 Å². The summed E-state index contributed by atoms with van der Waals surface area (Å²) in [6.07, 6.45) is 4.80. The van der Waals surface area contributed by atoms with Crippen molar-refractivity contribution in [2.75, 3.05) is 12.4 Å². The van der Waals surface area contributed by atoms with Crippen molar-refractivity contribution < 1.29 is 9.53 Å². The SMILES string of the molecule is COC(=O)c1ccccc1NC(=S)N(Cc1cccs1)C1CCCC1. The van der Waals surface area contributed by atoms with Gasteiger partial charge in [0.1, 0.15) is 0 Å². The van der Waals surface area contributed by atoms with Crippen molar-refractivity contribution in [2.24, 2.45) is 0 Å². The molecule has 1 fully saturated rings. The Hall–Kier alpha value is -1.92. The smallest absolute Gasteiger partial charge is 0.339 e. The van der Waals surface area contributed by atoms with E-state index in [-0.39, 0.29) is 5.97 Å². The Kier molecular flexibility index (Phi) is 6.04. The molecule has 1 aliphatic carbocycles. The zero-order chi connectivity index (χ0) is 17.6. The largest absolute Gasteiger partial charge is 0.465 e. The first kappa shape index (κ1) is 17.9. The van der Waals surface area contributed by atoms with E-state index in [0.29, 0.717) is 22.4 Å². The summed E-state index contributed by atoms with van der Waals surface area (Å²) in [6, 6.07) is 12.0. The summed E-state index contributed by atoms with van der Waals surface area (Å²) >= 11 is 7.46. The summed E-state index contributed by atoms with van der Waals surface area (Å²) in [6.45, 7) is 0.800. The Labute approximate surface area is 157 Å². The molecular weight excluding hydrogens is 352 g/mol. The molecule has 3 rings (SSSR count). The molecule has 0 spiro atoms. The lowest BCUT2D eigenvalue weighted by molar-refractivity contribution is 0.0602. The van der Waals surface area contributed by atoms with Crippen LogP contribution in [-0.4, -0.2) is 29.1 Å². The number of nitrogens with one attached hydrogen (secondary N) is 1. The fraction of sp³-hybridized carbons (Fsp3) is 0.368. The number of thiophene rings is 1. The van der Waals surface area contributed by atoms with Gasteiger partial charge in [0.25, 0.3) is 0 Å². The molecule has 1 saturated carbocycles. The summed E-state index contributed by atoms with van der Waals surface area (Å²) in [5.74, 6) is -0.364. The van der Waals surface area contributed by atoms with E-state index in [4.69, 9.17) is 17.0 Å². The second kappa shape index (κ2) is 8.45. The average Bonchev–Trinajstić information content (AvgIpc) is 3.33. The number of rotatable bonds is 5. The number of carbonyl (C=O) groups excluding carboxylic acids is 1. The summed E-state index contributed by atoms with van der Waals surface area (Å²) in [5, 5.41) is 6.03. The number of hydrogen-bond donors (Lipinski definition) is 1. The van der Waals surface area contributed by atoms with Crippen molar-refractivity contribution in [3.05, 3.63) is 52.2 Å². The minimum atomic E-state index is -0.364. The van der Waals surface area contributed by atoms with Gasteiger partial charge < -0.3 is 15.0 Å². The molecule has 6 heteroatoms. The van der Waals surface area contributed by atoms with E-state index in [2.05, 4.69) is 27.7 Å². The number of thiocarbonyl (C=S) groups is 1. The maximum Gasteiger partial charge on any atom is 0.339 e. The van der Waals surface area contributed by atoms with E-state index in [0.717, 1.165) is 19.4 Å². The van der Waals surface area contributed by atoms with E-state index < -0.39 is 0 Å². The van der Waals surface area contributed by atoms with Crippen LogP contribution >= 0.6 is 23.6 Å². The zero-order valence-electron chi connectivity index (χ0n) is 14.2. The van der Waals surface area contributed by atoms with Gasteiger partial charge in [-0.1, -0.05) is 31.0 Å². The van der Waals surface area contributed by atoms with Crippen molar-refractivity contribution >= 4 is 40.3 Å². The average molecular weight is 375 g/mol. The number of methoxy groups -OCH3 is 1. The van der Waals surface area contributed by atoms with Gasteiger partial charge in [-0.15, -0.1) is 11.3 Å². The molecule has 0 unspecified atom stereocenters. The first-order valence-corrected chi connectivity index (χ1v) is 9.75. The number of carbonyl (C=O) groups is 1. The van der Waals surface area contributed by atoms with E-state index in [1.807, 2.05) is 18.2 Å². The molecule has 0 atom stereocenters. The zero-order valence-corrected chi connectivity index (χ0v) is 15.9. The van der Waals surface area contributed by atoms with Gasteiger partial charge in [-0.3, -0.25) is 0 Å². The molecule has 0 radical (unpaired) electrons. The van der Waals surface area contributed by atoms with Gasteiger partial charge in [0.15, 0.2) is 5.11 Å². The van der Waals surface area contributed by atoms with Crippen molar-refractivity contribution in [2.45, 2.75) is 38.3 Å². The van der Waals surface area contributed by atoms with Gasteiger partial charge in [-0.25, -0.2) is 4.79 Å². The third-order valence-corrected chi connectivity index (χ3v) is 5.70. The minimum Gasteiger partial charge on any atom is -0.465 e. The lowest BCUT2D eigenvalue weighted by Gasteiger charge is -2.31. The van der Waals surface area contributed by atoms with Gasteiger partial charge in [0, 0.05) is 10.9 Å². The summed E-state index contributed by atoms with van der Waals surface area (Å²) in [5.41, 5.74) is 1.18. The Bertz CT molecular complexity index is 725. The molecule has 0 saturated heterocycles. The lowest BCUT2D eigenvalue weighted by Crippen LogP contribution is -2.41. The summed E-state index contributed by atoms with van der Waals surface area (Å²) in [4.78, 5) is 15.5. The number of ether oxygens (including phenoxy) is 1. The lowest BCUT2D eigenvalue weighted by atomic mass is 10.1. The monoisotopic (exact) mass is 374 g/mol. The predicted octanol–water partition coefficient (Wildman–Crippen LogP) is 4.68. The molecule has 0 bridgehead atoms. The third-order valence-electron chi connectivity index (χ3n) is 4.51. The van der Waals surface area contributed by atoms with E-state index in [1.165, 1.54) is 24.8 Å². The Balaban J connectivity index is 1.79. The highest BCUT2D eigenvalue weighted by Crippen LogP contribution is 2.27. The predicted molar refractivity (Wildman–Crippen MR) is 106 cm³/mol. The fourth-order valence-corrected chi connectivity index (χ4v) is 4.25. The highest BCUT2D eigenvalue weighted by atomic mass is 32.1. The van der Waals surface area contributed by atoms with Gasteiger partial charge >= 0.3 is 5.97 Å². The third kappa shape index (κ3) is 4.38. The molecule has 1 heterocycles. The molecule has 132 valence electrons. The number of para-hydroxylation sites is 1. The molecule has 4 nitrogen and oxygen atoms in total. The molecule has 1 aliphatic rings. The minimum absolute atomic E-state index is 0.364. The first-order valence-electron chi connectivity index (χ1n) is 8.46. The molecule has 0 aliphatic heterocycles. The number of esters is 1. The van der Waals surface area contributed by atoms with E-state index in [9.17, 15) is 4.79 Å². The van der Waals surface area contributed by atoms with Crippen LogP contribution in [-0.2, 0) is 11.3 Å². The molecular formula is C19H22N2O2S2. The maximum atomic E-state index is 12.0. The number of benzene rings is 1. The highest BCUT2D eigenvalue weighted by Gasteiger charge is 2.25. The van der Waals surface area contributed by atoms with Crippen molar-refractivity contribution in [1.82, 2.24) is 4.90 Å². The first-order chi connectivity index (χ1) is 12.2. The van der Waals surface area contributed by atoms with Crippen molar-refractivity contribution in [3.8, 4) is 0 Å². The standard InChI is InChI=1S/C19H22N2O2S2/c1-23-18(22)16-10-4-5-11-17(16)20-19(24)21(14-7-2-3-8-14)13-15-9-6-12-25-15/h4-6,9-12,14H,2-3,7-8,13H2,1H3,(H,20,24). The Morgan fingerprint density at radius 1 is 1.28 bits per heavy atom. The quantitative estimate of drug-likeness (QED) is 0.608. The van der Waals surface area contributed by atoms with Gasteiger partial charge in [0.2, 0.25) is 0 Å². The van der Waals surface area contributed by atoms with Crippen LogP contribution in [0.25, 0.3) is 0 Å². The summed E-state index contributed by atoms with van der Waals surface area (Å²) in [7, 11) is 1.39. The number of hydrogen-bond acceptors (Lipinski definition) is 4. The Morgan fingerprint density at radius 2 is 2.04 bits per heavy atom. The van der Waals surface area contributed by atoms with Gasteiger partial charge in [0.05, 0.1) is 24.9 Å². The van der Waals surface area contributed by atoms with Crippen LogP contribution in [0.15, 0.2) is 41.8 Å². The van der Waals surface area contributed by atoms with Gasteiger partial charge in [-0.05, 0) is 48.6 Å². The van der Waals surface area contributed by atoms with E-state index >= 15 is 0 Å². The highest BCUT2D eigenvalue weighted by molar-refractivity contribution is 7.80. The molecule has 2 aromatic rings. The van der Waals surface area contributed by atoms with Crippen LogP contribution in [0, 0.1) is 0 Å². The molecule has 1 aromatic carbocycles. The van der Waals surface area contributed by atoms with E-state index in [1.54, 1.807) is 17.4 Å². The fourth-order valence-electron chi connectivity index (χ4n) is 3.22. The second-order valence-electron chi connectivity index (χ2n) is 6.11. The summed E-state index contributed by atoms with van der Waals surface area (Å²) < 4.78 is 4.87. The van der Waals surface area contributed by atoms with Crippen LogP contribution in [0.2, 0.25) is 0 Å². The molecule has 1 aromatic heterocycles. The topological polar surface area (TPSA) is 41.6 Å². The van der Waals surface area contributed by atoms with Crippen molar-refractivity contribution in [3.63, 3.8) is 0 Å². The molecule has 1 N–H and O–H groups in total. The van der Waals surface area contributed by atoms with Crippen LogP contribution in [0.4, 0.5) is 5.69 Å². The van der Waals surface area contributed by atoms with Crippen LogP contribution < -0.4 is 5.32 Å². The molecule has 25 heavy (non-hydrogen) atoms. The van der Waals surface area contributed by atoms with Crippen LogP contribution in [0.5, 0.6) is 0 Å². The second-order valence-corrected chi connectivity index (χ2v) is 7.53. The maximum absolute atomic E-state index is 12.0. The van der Waals surface area contributed by atoms with Gasteiger partial charge in [-0.2, -0.15) is 0 Å². The normalized spacial score (nSPS) is 14.3. The number of nitrogens with zero attached hydrogens (tertiary/aromatic N) is 1. The number of anilines is 1. The van der Waals surface area contributed by atoms with Crippen molar-refractivity contribution in [1.29, 1.82) is 0 Å². The molecule has 0 amide bonds.